The Kier molecular flexibility index (Phi) is 7.62. The normalized spacial score (nSPS) is 10.6. The van der Waals surface area contributed by atoms with Gasteiger partial charge < -0.3 is 14.4 Å². The van der Waals surface area contributed by atoms with Crippen molar-refractivity contribution < 1.29 is 19.1 Å². The SMILES string of the molecule is CCOc1ccc(CN(C)C(=O)COC(=O)/C=C/c2cccc(C)c2)cc1. The van der Waals surface area contributed by atoms with Gasteiger partial charge in [-0.15, -0.1) is 0 Å². The molecule has 2 aromatic carbocycles. The fourth-order valence-electron chi connectivity index (χ4n) is 2.45. The lowest BCUT2D eigenvalue weighted by Gasteiger charge is -2.17. The van der Waals surface area contributed by atoms with Crippen molar-refractivity contribution in [2.75, 3.05) is 20.3 Å². The fourth-order valence-corrected chi connectivity index (χ4v) is 2.45. The molecule has 0 aliphatic carbocycles. The lowest BCUT2D eigenvalue weighted by atomic mass is 10.1. The molecule has 0 aromatic heterocycles. The first kappa shape index (κ1) is 20.2. The Balaban J connectivity index is 1.79. The van der Waals surface area contributed by atoms with E-state index in [1.54, 1.807) is 13.1 Å². The maximum Gasteiger partial charge on any atom is 0.331 e. The van der Waals surface area contributed by atoms with Gasteiger partial charge in [-0.25, -0.2) is 4.79 Å². The van der Waals surface area contributed by atoms with E-state index in [2.05, 4.69) is 0 Å². The molecule has 142 valence electrons. The van der Waals surface area contributed by atoms with Crippen LogP contribution in [0.25, 0.3) is 6.08 Å². The van der Waals surface area contributed by atoms with E-state index < -0.39 is 5.97 Å². The highest BCUT2D eigenvalue weighted by molar-refractivity contribution is 5.89. The van der Waals surface area contributed by atoms with Crippen LogP contribution in [0, 0.1) is 6.92 Å². The zero-order valence-electron chi connectivity index (χ0n) is 16.0. The highest BCUT2D eigenvalue weighted by Gasteiger charge is 2.11. The molecule has 0 saturated heterocycles. The summed E-state index contributed by atoms with van der Waals surface area (Å²) in [6, 6.07) is 15.3. The van der Waals surface area contributed by atoms with E-state index in [0.29, 0.717) is 13.2 Å². The third kappa shape index (κ3) is 6.98. The molecule has 0 spiro atoms. The van der Waals surface area contributed by atoms with Gasteiger partial charge in [0.15, 0.2) is 6.61 Å². The van der Waals surface area contributed by atoms with E-state index >= 15 is 0 Å². The summed E-state index contributed by atoms with van der Waals surface area (Å²) < 4.78 is 10.4. The minimum Gasteiger partial charge on any atom is -0.494 e. The second-order valence-corrected chi connectivity index (χ2v) is 6.18. The average Bonchev–Trinajstić information content (AvgIpc) is 2.66. The molecule has 0 unspecified atom stereocenters. The minimum atomic E-state index is -0.542. The van der Waals surface area contributed by atoms with E-state index in [1.807, 2.05) is 62.4 Å². The number of ether oxygens (including phenoxy) is 2. The van der Waals surface area contributed by atoms with E-state index in [4.69, 9.17) is 9.47 Å². The van der Waals surface area contributed by atoms with Crippen molar-refractivity contribution in [3.8, 4) is 5.75 Å². The number of esters is 1. The van der Waals surface area contributed by atoms with Crippen LogP contribution in [0.15, 0.2) is 54.6 Å². The highest BCUT2D eigenvalue weighted by atomic mass is 16.5. The Bertz CT molecular complexity index is 796. The molecule has 27 heavy (non-hydrogen) atoms. The Hall–Kier alpha value is -3.08. The molecular weight excluding hydrogens is 342 g/mol. The summed E-state index contributed by atoms with van der Waals surface area (Å²) in [4.78, 5) is 25.5. The summed E-state index contributed by atoms with van der Waals surface area (Å²) in [5, 5.41) is 0. The summed E-state index contributed by atoms with van der Waals surface area (Å²) in [5.41, 5.74) is 2.99. The number of amides is 1. The maximum absolute atomic E-state index is 12.1. The van der Waals surface area contributed by atoms with Gasteiger partial charge in [0.1, 0.15) is 5.75 Å². The van der Waals surface area contributed by atoms with Crippen LogP contribution in [0.5, 0.6) is 5.75 Å². The van der Waals surface area contributed by atoms with Crippen LogP contribution < -0.4 is 4.74 Å². The third-order valence-corrected chi connectivity index (χ3v) is 3.87. The Labute approximate surface area is 160 Å². The molecule has 5 heteroatoms. The van der Waals surface area contributed by atoms with Crippen molar-refractivity contribution in [3.05, 3.63) is 71.3 Å². The van der Waals surface area contributed by atoms with Crippen molar-refractivity contribution in [3.63, 3.8) is 0 Å². The van der Waals surface area contributed by atoms with Gasteiger partial charge in [-0.3, -0.25) is 4.79 Å². The summed E-state index contributed by atoms with van der Waals surface area (Å²) in [6.07, 6.45) is 3.00. The maximum atomic E-state index is 12.1. The van der Waals surface area contributed by atoms with Gasteiger partial charge in [-0.1, -0.05) is 42.0 Å². The van der Waals surface area contributed by atoms with Crippen molar-refractivity contribution in [2.45, 2.75) is 20.4 Å². The number of carbonyl (C=O) groups excluding carboxylic acids is 2. The van der Waals surface area contributed by atoms with Gasteiger partial charge in [-0.2, -0.15) is 0 Å². The van der Waals surface area contributed by atoms with E-state index in [9.17, 15) is 9.59 Å². The van der Waals surface area contributed by atoms with E-state index in [0.717, 1.165) is 22.4 Å². The molecule has 0 saturated carbocycles. The van der Waals surface area contributed by atoms with Crippen molar-refractivity contribution in [1.29, 1.82) is 0 Å². The Morgan fingerprint density at radius 1 is 1.11 bits per heavy atom. The number of hydrogen-bond donors (Lipinski definition) is 0. The highest BCUT2D eigenvalue weighted by Crippen LogP contribution is 2.13. The Morgan fingerprint density at radius 2 is 1.85 bits per heavy atom. The smallest absolute Gasteiger partial charge is 0.331 e. The lowest BCUT2D eigenvalue weighted by Crippen LogP contribution is -2.30. The number of aryl methyl sites for hydroxylation is 1. The molecule has 1 amide bonds. The number of likely N-dealkylation sites (N-methyl/N-ethyl adjacent to an activating group) is 1. The number of nitrogens with zero attached hydrogens (tertiary/aromatic N) is 1. The predicted molar refractivity (Wildman–Crippen MR) is 105 cm³/mol. The van der Waals surface area contributed by atoms with Gasteiger partial charge in [0.25, 0.3) is 5.91 Å². The average molecular weight is 367 g/mol. The lowest BCUT2D eigenvalue weighted by molar-refractivity contribution is -0.147. The fraction of sp³-hybridized carbons (Fsp3) is 0.273. The number of hydrogen-bond acceptors (Lipinski definition) is 4. The standard InChI is InChI=1S/C22H25NO4/c1-4-26-20-11-8-19(9-12-20)15-23(3)21(24)16-27-22(25)13-10-18-7-5-6-17(2)14-18/h5-14H,4,15-16H2,1-3H3/b13-10+. The van der Waals surface area contributed by atoms with Crippen molar-refractivity contribution in [1.82, 2.24) is 4.90 Å². The first-order valence-corrected chi connectivity index (χ1v) is 8.85. The van der Waals surface area contributed by atoms with Crippen LogP contribution in [-0.2, 0) is 20.9 Å². The minimum absolute atomic E-state index is 0.263. The molecule has 0 aliphatic heterocycles. The monoisotopic (exact) mass is 367 g/mol. The zero-order valence-corrected chi connectivity index (χ0v) is 16.0. The van der Waals surface area contributed by atoms with Crippen molar-refractivity contribution >= 4 is 18.0 Å². The summed E-state index contributed by atoms with van der Waals surface area (Å²) >= 11 is 0. The zero-order chi connectivity index (χ0) is 19.6. The molecule has 0 aliphatic rings. The molecule has 0 radical (unpaired) electrons. The van der Waals surface area contributed by atoms with Gasteiger partial charge in [0.05, 0.1) is 6.61 Å². The van der Waals surface area contributed by atoms with Crippen molar-refractivity contribution in [2.24, 2.45) is 0 Å². The van der Waals surface area contributed by atoms with E-state index in [1.165, 1.54) is 11.0 Å². The topological polar surface area (TPSA) is 55.8 Å². The summed E-state index contributed by atoms with van der Waals surface area (Å²) in [6.45, 7) is 4.67. The number of rotatable bonds is 8. The molecule has 0 bridgehead atoms. The largest absolute Gasteiger partial charge is 0.494 e. The van der Waals surface area contributed by atoms with Gasteiger partial charge in [0, 0.05) is 19.7 Å². The second-order valence-electron chi connectivity index (χ2n) is 6.18. The molecule has 2 rings (SSSR count). The summed E-state index contributed by atoms with van der Waals surface area (Å²) in [7, 11) is 1.68. The van der Waals surface area contributed by atoms with Crippen LogP contribution in [0.1, 0.15) is 23.6 Å². The molecule has 0 fully saturated rings. The Morgan fingerprint density at radius 3 is 2.52 bits per heavy atom. The molecule has 5 nitrogen and oxygen atoms in total. The van der Waals surface area contributed by atoms with Crippen LogP contribution in [0.3, 0.4) is 0 Å². The van der Waals surface area contributed by atoms with E-state index in [-0.39, 0.29) is 12.5 Å². The molecule has 0 N–H and O–H groups in total. The quantitative estimate of drug-likeness (QED) is 0.528. The number of benzene rings is 2. The van der Waals surface area contributed by atoms with Crippen LogP contribution >= 0.6 is 0 Å². The van der Waals surface area contributed by atoms with Crippen LogP contribution in [-0.4, -0.2) is 37.0 Å². The van der Waals surface area contributed by atoms with Gasteiger partial charge in [-0.05, 0) is 43.2 Å². The second kappa shape index (κ2) is 10.2. The van der Waals surface area contributed by atoms with Gasteiger partial charge in [0.2, 0.25) is 0 Å². The first-order chi connectivity index (χ1) is 13.0. The molecule has 0 heterocycles. The molecule has 0 atom stereocenters. The third-order valence-electron chi connectivity index (χ3n) is 3.87. The predicted octanol–water partition coefficient (Wildman–Crippen LogP) is 3.61. The van der Waals surface area contributed by atoms with Crippen LogP contribution in [0.2, 0.25) is 0 Å². The summed E-state index contributed by atoms with van der Waals surface area (Å²) in [5.74, 6) is -0.00919. The number of carbonyl (C=O) groups is 2. The molecule has 2 aromatic rings. The van der Waals surface area contributed by atoms with Crippen LogP contribution in [0.4, 0.5) is 0 Å². The molecular formula is C22H25NO4. The van der Waals surface area contributed by atoms with Gasteiger partial charge >= 0.3 is 5.97 Å². The first-order valence-electron chi connectivity index (χ1n) is 8.85.